The van der Waals surface area contributed by atoms with Crippen LogP contribution >= 0.6 is 11.6 Å². The smallest absolute Gasteiger partial charge is 0.124 e. The number of nitrogens with one attached hydrogen (secondary N) is 1. The van der Waals surface area contributed by atoms with Crippen molar-refractivity contribution in [2.24, 2.45) is 0 Å². The molecule has 3 rings (SSSR count). The maximum atomic E-state index is 6.17. The van der Waals surface area contributed by atoms with Crippen LogP contribution in [0.4, 0.5) is 0 Å². The second-order valence-electron chi connectivity index (χ2n) is 6.30. The van der Waals surface area contributed by atoms with E-state index in [0.717, 1.165) is 42.4 Å². The third-order valence-electron chi connectivity index (χ3n) is 4.31. The molecule has 2 aromatic carbocycles. The van der Waals surface area contributed by atoms with Gasteiger partial charge in [0.1, 0.15) is 12.4 Å². The van der Waals surface area contributed by atoms with E-state index < -0.39 is 0 Å². The lowest BCUT2D eigenvalue weighted by molar-refractivity contribution is 0.301. The van der Waals surface area contributed by atoms with E-state index in [-0.39, 0.29) is 0 Å². The van der Waals surface area contributed by atoms with Gasteiger partial charge in [0.15, 0.2) is 0 Å². The summed E-state index contributed by atoms with van der Waals surface area (Å²) in [5, 5.41) is 4.19. The van der Waals surface area contributed by atoms with E-state index in [1.54, 1.807) is 6.20 Å². The molecule has 0 saturated heterocycles. The van der Waals surface area contributed by atoms with E-state index in [9.17, 15) is 0 Å². The number of aryl methyl sites for hydroxylation is 2. The molecule has 4 nitrogen and oxygen atoms in total. The van der Waals surface area contributed by atoms with Crippen molar-refractivity contribution in [1.82, 2.24) is 14.9 Å². The Morgan fingerprint density at radius 1 is 1.15 bits per heavy atom. The molecule has 1 N–H and O–H groups in total. The Bertz CT molecular complexity index is 818. The highest BCUT2D eigenvalue weighted by Crippen LogP contribution is 2.24. The van der Waals surface area contributed by atoms with Crippen molar-refractivity contribution >= 4 is 11.6 Å². The molecule has 136 valence electrons. The zero-order valence-corrected chi connectivity index (χ0v) is 15.7. The fourth-order valence-corrected chi connectivity index (χ4v) is 2.98. The van der Waals surface area contributed by atoms with Crippen LogP contribution < -0.4 is 10.1 Å². The minimum Gasteiger partial charge on any atom is -0.489 e. The average molecular weight is 370 g/mol. The van der Waals surface area contributed by atoms with Crippen molar-refractivity contribution in [3.05, 3.63) is 82.9 Å². The maximum Gasteiger partial charge on any atom is 0.124 e. The number of imidazole rings is 1. The summed E-state index contributed by atoms with van der Waals surface area (Å²) >= 11 is 6.17. The van der Waals surface area contributed by atoms with Gasteiger partial charge < -0.3 is 14.6 Å². The topological polar surface area (TPSA) is 39.1 Å². The summed E-state index contributed by atoms with van der Waals surface area (Å²) in [5.41, 5.74) is 3.51. The summed E-state index contributed by atoms with van der Waals surface area (Å²) in [4.78, 5) is 4.05. The average Bonchev–Trinajstić information content (AvgIpc) is 3.15. The molecule has 0 saturated carbocycles. The summed E-state index contributed by atoms with van der Waals surface area (Å²) in [6, 6.07) is 14.1. The van der Waals surface area contributed by atoms with Crippen LogP contribution in [0.25, 0.3) is 0 Å². The molecular formula is C21H24ClN3O. The Labute approximate surface area is 159 Å². The Kier molecular flexibility index (Phi) is 6.69. The van der Waals surface area contributed by atoms with Crippen LogP contribution in [0, 0.1) is 6.92 Å². The van der Waals surface area contributed by atoms with Gasteiger partial charge >= 0.3 is 0 Å². The van der Waals surface area contributed by atoms with Crippen LogP contribution in [0.3, 0.4) is 0 Å². The van der Waals surface area contributed by atoms with E-state index in [4.69, 9.17) is 16.3 Å². The number of nitrogens with zero attached hydrogens (tertiary/aromatic N) is 2. The SMILES string of the molecule is Cc1ccccc1COc1ccc(Cl)cc1CNCCCn1ccnc1. The first-order valence-electron chi connectivity index (χ1n) is 8.84. The lowest BCUT2D eigenvalue weighted by Gasteiger charge is -2.14. The van der Waals surface area contributed by atoms with Gasteiger partial charge in [-0.05, 0) is 49.2 Å². The van der Waals surface area contributed by atoms with Crippen molar-refractivity contribution in [3.8, 4) is 5.75 Å². The first kappa shape index (κ1) is 18.5. The van der Waals surface area contributed by atoms with Gasteiger partial charge in [0.25, 0.3) is 0 Å². The van der Waals surface area contributed by atoms with Gasteiger partial charge in [-0.15, -0.1) is 0 Å². The molecule has 0 aliphatic heterocycles. The lowest BCUT2D eigenvalue weighted by atomic mass is 10.1. The zero-order chi connectivity index (χ0) is 18.2. The van der Waals surface area contributed by atoms with Crippen LogP contribution in [0.2, 0.25) is 5.02 Å². The number of halogens is 1. The van der Waals surface area contributed by atoms with Gasteiger partial charge in [0.05, 0.1) is 6.33 Å². The van der Waals surface area contributed by atoms with Gasteiger partial charge in [0.2, 0.25) is 0 Å². The second kappa shape index (κ2) is 9.41. The minimum absolute atomic E-state index is 0.557. The molecule has 26 heavy (non-hydrogen) atoms. The number of benzene rings is 2. The standard InChI is InChI=1S/C21H24ClN3O/c1-17-5-2-3-6-18(17)15-26-21-8-7-20(22)13-19(21)14-23-9-4-11-25-12-10-24-16-25/h2-3,5-8,10,12-13,16,23H,4,9,11,14-15H2,1H3. The highest BCUT2D eigenvalue weighted by Gasteiger charge is 2.06. The van der Waals surface area contributed by atoms with E-state index in [1.165, 1.54) is 11.1 Å². The zero-order valence-electron chi connectivity index (χ0n) is 15.0. The third-order valence-corrected chi connectivity index (χ3v) is 4.55. The lowest BCUT2D eigenvalue weighted by Crippen LogP contribution is -2.17. The van der Waals surface area contributed by atoms with Gasteiger partial charge in [-0.1, -0.05) is 35.9 Å². The molecule has 0 radical (unpaired) electrons. The summed E-state index contributed by atoms with van der Waals surface area (Å²) in [6.07, 6.45) is 6.66. The summed E-state index contributed by atoms with van der Waals surface area (Å²) in [7, 11) is 0. The molecule has 0 atom stereocenters. The van der Waals surface area contributed by atoms with Crippen molar-refractivity contribution in [2.45, 2.75) is 33.0 Å². The highest BCUT2D eigenvalue weighted by atomic mass is 35.5. The molecule has 1 heterocycles. The van der Waals surface area contributed by atoms with E-state index >= 15 is 0 Å². The molecular weight excluding hydrogens is 346 g/mol. The van der Waals surface area contributed by atoms with Crippen molar-refractivity contribution < 1.29 is 4.74 Å². The minimum atomic E-state index is 0.557. The van der Waals surface area contributed by atoms with Crippen LogP contribution in [-0.4, -0.2) is 16.1 Å². The van der Waals surface area contributed by atoms with Crippen LogP contribution in [0.5, 0.6) is 5.75 Å². The Morgan fingerprint density at radius 3 is 2.85 bits per heavy atom. The monoisotopic (exact) mass is 369 g/mol. The number of ether oxygens (including phenoxy) is 1. The summed E-state index contributed by atoms with van der Waals surface area (Å²) in [5.74, 6) is 0.875. The van der Waals surface area contributed by atoms with Crippen molar-refractivity contribution in [2.75, 3.05) is 6.54 Å². The quantitative estimate of drug-likeness (QED) is 0.560. The Balaban J connectivity index is 1.53. The number of rotatable bonds is 9. The molecule has 1 aromatic heterocycles. The molecule has 3 aromatic rings. The van der Waals surface area contributed by atoms with Crippen molar-refractivity contribution in [3.63, 3.8) is 0 Å². The first-order chi connectivity index (χ1) is 12.7. The number of aromatic nitrogens is 2. The van der Waals surface area contributed by atoms with E-state index in [0.29, 0.717) is 6.61 Å². The van der Waals surface area contributed by atoms with Crippen LogP contribution in [0.1, 0.15) is 23.1 Å². The molecule has 0 fully saturated rings. The van der Waals surface area contributed by atoms with Gasteiger partial charge in [0, 0.05) is 36.1 Å². The highest BCUT2D eigenvalue weighted by molar-refractivity contribution is 6.30. The largest absolute Gasteiger partial charge is 0.489 e. The van der Waals surface area contributed by atoms with E-state index in [1.807, 2.05) is 42.9 Å². The van der Waals surface area contributed by atoms with E-state index in [2.05, 4.69) is 33.9 Å². The van der Waals surface area contributed by atoms with Gasteiger partial charge in [-0.25, -0.2) is 4.98 Å². The molecule has 0 aliphatic carbocycles. The molecule has 0 aliphatic rings. The molecule has 0 amide bonds. The predicted molar refractivity (Wildman–Crippen MR) is 106 cm³/mol. The number of hydrogen-bond acceptors (Lipinski definition) is 3. The first-order valence-corrected chi connectivity index (χ1v) is 9.22. The maximum absolute atomic E-state index is 6.17. The predicted octanol–water partition coefficient (Wildman–Crippen LogP) is 4.60. The fraction of sp³-hybridized carbons (Fsp3) is 0.286. The second-order valence-corrected chi connectivity index (χ2v) is 6.73. The molecule has 0 bridgehead atoms. The van der Waals surface area contributed by atoms with Gasteiger partial charge in [-0.3, -0.25) is 0 Å². The third kappa shape index (κ3) is 5.35. The Morgan fingerprint density at radius 2 is 2.04 bits per heavy atom. The number of hydrogen-bond donors (Lipinski definition) is 1. The molecule has 5 heteroatoms. The summed E-state index contributed by atoms with van der Waals surface area (Å²) in [6.45, 7) is 5.26. The van der Waals surface area contributed by atoms with Crippen LogP contribution in [0.15, 0.2) is 61.2 Å². The Hall–Kier alpha value is -2.30. The van der Waals surface area contributed by atoms with Crippen LogP contribution in [-0.2, 0) is 19.7 Å². The van der Waals surface area contributed by atoms with Gasteiger partial charge in [-0.2, -0.15) is 0 Å². The summed E-state index contributed by atoms with van der Waals surface area (Å²) < 4.78 is 8.15. The van der Waals surface area contributed by atoms with Crippen molar-refractivity contribution in [1.29, 1.82) is 0 Å². The fourth-order valence-electron chi connectivity index (χ4n) is 2.78. The normalized spacial score (nSPS) is 10.8. The molecule has 0 unspecified atom stereocenters. The molecule has 0 spiro atoms.